The number of amides is 4. The molecule has 0 aromatic carbocycles. The van der Waals surface area contributed by atoms with Gasteiger partial charge >= 0.3 is 41.7 Å². The second-order valence-electron chi connectivity index (χ2n) is 4.77. The van der Waals surface area contributed by atoms with Crippen molar-refractivity contribution in [1.82, 2.24) is 19.6 Å². The molecule has 4 amide bonds. The van der Waals surface area contributed by atoms with E-state index in [4.69, 9.17) is 0 Å². The number of nitrogens with one attached hydrogen (secondary N) is 1. The van der Waals surface area contributed by atoms with Gasteiger partial charge in [0.25, 0.3) is 5.91 Å². The Morgan fingerprint density at radius 3 is 2.55 bits per heavy atom. The van der Waals surface area contributed by atoms with Gasteiger partial charge in [-0.1, -0.05) is 0 Å². The number of hydrazine groups is 1. The van der Waals surface area contributed by atoms with Gasteiger partial charge in [-0.3, -0.25) is 4.79 Å². The summed E-state index contributed by atoms with van der Waals surface area (Å²) in [6.07, 6.45) is -0.516. The summed E-state index contributed by atoms with van der Waals surface area (Å²) in [5, 5.41) is 0.959. The fourth-order valence-electron chi connectivity index (χ4n) is 2.71. The number of carbonyl (C=O) groups excluding carboxylic acids is 3. The number of carbonyl (C=O) groups is 3. The van der Waals surface area contributed by atoms with Gasteiger partial charge in [0.1, 0.15) is 12.6 Å². The minimum absolute atomic E-state index is 0. The van der Waals surface area contributed by atoms with Crippen molar-refractivity contribution in [3.63, 3.8) is 0 Å². The van der Waals surface area contributed by atoms with Crippen LogP contribution in [-0.2, 0) is 19.8 Å². The molecule has 0 bridgehead atoms. The molecule has 2 atom stereocenters. The Hall–Kier alpha value is -1.08. The molecule has 0 aromatic rings. The van der Waals surface area contributed by atoms with E-state index in [0.29, 0.717) is 0 Å². The Morgan fingerprint density at radius 1 is 1.32 bits per heavy atom. The molecule has 3 heterocycles. The molecule has 3 fully saturated rings. The quantitative estimate of drug-likeness (QED) is 0.300. The minimum Gasteiger partial charge on any atom is -0.731 e. The summed E-state index contributed by atoms with van der Waals surface area (Å²) in [6.45, 7) is 0.440. The molecular formula is C9H11N4NaO7S. The molecule has 0 saturated carbocycles. The van der Waals surface area contributed by atoms with Crippen LogP contribution in [0.15, 0.2) is 0 Å². The van der Waals surface area contributed by atoms with Crippen LogP contribution in [-0.4, -0.2) is 77.0 Å². The first kappa shape index (κ1) is 17.3. The smallest absolute Gasteiger partial charge is 0.731 e. The Balaban J connectivity index is 0.00000176. The fourth-order valence-corrected chi connectivity index (χ4v) is 3.59. The predicted molar refractivity (Wildman–Crippen MR) is 62.0 cm³/mol. The zero-order chi connectivity index (χ0) is 15.4. The zero-order valence-electron chi connectivity index (χ0n) is 11.6. The van der Waals surface area contributed by atoms with Crippen molar-refractivity contribution in [2.24, 2.45) is 0 Å². The number of cyclic esters (lactones) is 1. The van der Waals surface area contributed by atoms with Crippen molar-refractivity contribution in [2.75, 3.05) is 19.7 Å². The summed E-state index contributed by atoms with van der Waals surface area (Å²) >= 11 is 0. The molecule has 0 unspecified atom stereocenters. The Kier molecular flexibility index (Phi) is 4.59. The van der Waals surface area contributed by atoms with Crippen molar-refractivity contribution in [3.05, 3.63) is 0 Å². The van der Waals surface area contributed by atoms with Crippen LogP contribution >= 0.6 is 0 Å². The van der Waals surface area contributed by atoms with Gasteiger partial charge in [-0.2, -0.15) is 0 Å². The molecule has 116 valence electrons. The van der Waals surface area contributed by atoms with E-state index in [9.17, 15) is 27.4 Å². The van der Waals surface area contributed by atoms with E-state index in [-0.39, 0.29) is 60.0 Å². The van der Waals surface area contributed by atoms with Gasteiger partial charge in [0, 0.05) is 6.54 Å². The fraction of sp³-hybridized carbons (Fsp3) is 0.667. The maximum atomic E-state index is 12.0. The molecular weight excluding hydrogens is 331 g/mol. The summed E-state index contributed by atoms with van der Waals surface area (Å²) in [4.78, 5) is 36.1. The van der Waals surface area contributed by atoms with Gasteiger partial charge in [-0.05, 0) is 6.42 Å². The molecule has 3 aliphatic heterocycles. The third-order valence-corrected chi connectivity index (χ3v) is 4.56. The summed E-state index contributed by atoms with van der Waals surface area (Å²) in [5.74, 6) is -0.924. The van der Waals surface area contributed by atoms with Gasteiger partial charge in [-0.15, -0.1) is 0 Å². The van der Waals surface area contributed by atoms with Crippen LogP contribution < -0.4 is 35.0 Å². The number of β-lactam (4-membered cyclic amide) rings is 1. The van der Waals surface area contributed by atoms with Crippen LogP contribution in [0.5, 0.6) is 0 Å². The first-order valence-electron chi connectivity index (χ1n) is 6.11. The number of ether oxygens (including phenoxy) is 1. The number of hydrogen-bond donors (Lipinski definition) is 1. The van der Waals surface area contributed by atoms with E-state index in [0.717, 1.165) is 9.91 Å². The van der Waals surface area contributed by atoms with Gasteiger partial charge in [0.2, 0.25) is 0 Å². The average molecular weight is 342 g/mol. The number of hydrogen-bond acceptors (Lipinski definition) is 7. The molecule has 0 aromatic heterocycles. The van der Waals surface area contributed by atoms with Crippen molar-refractivity contribution in [1.29, 1.82) is 0 Å². The van der Waals surface area contributed by atoms with E-state index < -0.39 is 40.4 Å². The number of urea groups is 1. The number of likely N-dealkylation sites (tertiary alicyclic amines) is 1. The Morgan fingerprint density at radius 2 is 2.00 bits per heavy atom. The van der Waals surface area contributed by atoms with Gasteiger partial charge in [0.05, 0.1) is 12.6 Å². The summed E-state index contributed by atoms with van der Waals surface area (Å²) < 4.78 is 37.7. The van der Waals surface area contributed by atoms with Crippen molar-refractivity contribution >= 4 is 28.3 Å². The molecule has 3 aliphatic rings. The van der Waals surface area contributed by atoms with Crippen molar-refractivity contribution < 1.29 is 61.6 Å². The van der Waals surface area contributed by atoms with E-state index in [2.05, 4.69) is 10.2 Å². The van der Waals surface area contributed by atoms with Crippen molar-refractivity contribution in [3.8, 4) is 0 Å². The van der Waals surface area contributed by atoms with Gasteiger partial charge in [-0.25, -0.2) is 32.7 Å². The zero-order valence-corrected chi connectivity index (χ0v) is 14.4. The number of nitrogens with zero attached hydrogens (tertiary/aromatic N) is 3. The third-order valence-electron chi connectivity index (χ3n) is 3.63. The largest absolute Gasteiger partial charge is 1.00 e. The molecule has 0 aliphatic carbocycles. The maximum absolute atomic E-state index is 12.0. The van der Waals surface area contributed by atoms with E-state index >= 15 is 0 Å². The second kappa shape index (κ2) is 5.85. The predicted octanol–water partition coefficient (Wildman–Crippen LogP) is -5.19. The molecule has 3 saturated heterocycles. The summed E-state index contributed by atoms with van der Waals surface area (Å²) in [5.41, 5.74) is 2.28. The molecule has 3 rings (SSSR count). The van der Waals surface area contributed by atoms with E-state index in [1.165, 1.54) is 0 Å². The van der Waals surface area contributed by atoms with E-state index in [1.807, 2.05) is 0 Å². The van der Waals surface area contributed by atoms with Crippen LogP contribution in [0.1, 0.15) is 6.42 Å². The number of rotatable bonds is 2. The normalized spacial score (nSPS) is 27.0. The van der Waals surface area contributed by atoms with Gasteiger partial charge in [0.15, 0.2) is 10.3 Å². The van der Waals surface area contributed by atoms with Crippen LogP contribution in [0.4, 0.5) is 9.59 Å². The average Bonchev–Trinajstić information content (AvgIpc) is 2.92. The SMILES string of the molecule is O=C1OCCN1NC(=O)N1CC[C@@H]2[C@H]1C(=O)N2S(=O)(=O)[O-].[Na+]. The Bertz CT molecular complexity index is 625. The first-order chi connectivity index (χ1) is 9.80. The van der Waals surface area contributed by atoms with Gasteiger partial charge < -0.3 is 14.2 Å². The maximum Gasteiger partial charge on any atom is 1.00 e. The molecule has 1 N–H and O–H groups in total. The first-order valence-corrected chi connectivity index (χ1v) is 7.48. The minimum atomic E-state index is -4.86. The molecule has 0 spiro atoms. The van der Waals surface area contributed by atoms with Crippen LogP contribution in [0.2, 0.25) is 0 Å². The number of fused-ring (bicyclic) bond motifs is 1. The second-order valence-corrected chi connectivity index (χ2v) is 6.02. The molecule has 22 heavy (non-hydrogen) atoms. The summed E-state index contributed by atoms with van der Waals surface area (Å²) in [7, 11) is -4.86. The third kappa shape index (κ3) is 2.65. The Labute approximate surface area is 147 Å². The topological polar surface area (TPSA) is 139 Å². The van der Waals surface area contributed by atoms with Crippen LogP contribution in [0, 0.1) is 0 Å². The molecule has 11 nitrogen and oxygen atoms in total. The summed E-state index contributed by atoms with van der Waals surface area (Å²) in [6, 6.07) is -2.51. The molecule has 0 radical (unpaired) electrons. The van der Waals surface area contributed by atoms with E-state index in [1.54, 1.807) is 0 Å². The van der Waals surface area contributed by atoms with Crippen LogP contribution in [0.3, 0.4) is 0 Å². The monoisotopic (exact) mass is 342 g/mol. The van der Waals surface area contributed by atoms with Crippen LogP contribution in [0.25, 0.3) is 0 Å². The standard InChI is InChI=1S/C9H12N4O7S.Na/c14-7-6-5(13(7)21(17,18)19)1-2-11(6)8(15)10-12-3-4-20-9(12)16;/h5-6H,1-4H2,(H,10,15)(H,17,18,19);/q;+1/p-1/t5-,6+;/m1./s1. The molecule has 13 heteroatoms. The van der Waals surface area contributed by atoms with Crippen molar-refractivity contribution in [2.45, 2.75) is 18.5 Å².